The van der Waals surface area contributed by atoms with E-state index in [1.165, 1.54) is 18.4 Å². The molecule has 4 aromatic rings. The summed E-state index contributed by atoms with van der Waals surface area (Å²) < 4.78 is 28.4. The van der Waals surface area contributed by atoms with Gasteiger partial charge < -0.3 is 9.55 Å². The molecule has 0 saturated carbocycles. The number of aromatic nitrogens is 4. The second kappa shape index (κ2) is 9.05. The maximum Gasteiger partial charge on any atom is 0.258 e. The first kappa shape index (κ1) is 23.1. The van der Waals surface area contributed by atoms with E-state index >= 15 is 0 Å². The molecule has 0 bridgehead atoms. The van der Waals surface area contributed by atoms with Crippen molar-refractivity contribution in [1.29, 1.82) is 0 Å². The standard InChI is InChI=1S/C23H28N6O3S/c1-5-12-29-20-11-10-16(33(31,32)27(2)3)13-19(20)25-22(29)15-28(4)14-21-24-18-9-7-6-8-17(18)23(30)26-21/h6-11,13H,5,12,14-15H2,1-4H3,(H,24,26,30). The van der Waals surface area contributed by atoms with Gasteiger partial charge in [-0.3, -0.25) is 9.69 Å². The third-order valence-corrected chi connectivity index (χ3v) is 7.33. The minimum absolute atomic E-state index is 0.156. The van der Waals surface area contributed by atoms with E-state index in [1.807, 2.05) is 36.2 Å². The number of H-pyrrole nitrogens is 1. The Labute approximate surface area is 192 Å². The normalized spacial score (nSPS) is 12.4. The lowest BCUT2D eigenvalue weighted by Gasteiger charge is -2.17. The maximum absolute atomic E-state index is 12.5. The third kappa shape index (κ3) is 4.54. The number of nitrogens with one attached hydrogen (secondary N) is 1. The largest absolute Gasteiger partial charge is 0.327 e. The highest BCUT2D eigenvalue weighted by atomic mass is 32.2. The van der Waals surface area contributed by atoms with Crippen LogP contribution in [0.1, 0.15) is 25.0 Å². The van der Waals surface area contributed by atoms with Crippen molar-refractivity contribution in [2.75, 3.05) is 21.1 Å². The van der Waals surface area contributed by atoms with Crippen LogP contribution in [0.4, 0.5) is 0 Å². The Bertz CT molecular complexity index is 1470. The van der Waals surface area contributed by atoms with E-state index in [9.17, 15) is 13.2 Å². The molecule has 1 N–H and O–H groups in total. The van der Waals surface area contributed by atoms with Crippen LogP contribution in [0, 0.1) is 0 Å². The van der Waals surface area contributed by atoms with Crippen molar-refractivity contribution in [1.82, 2.24) is 28.7 Å². The van der Waals surface area contributed by atoms with Gasteiger partial charge in [0.05, 0.1) is 39.9 Å². The summed E-state index contributed by atoms with van der Waals surface area (Å²) in [5.41, 5.74) is 2.05. The molecule has 9 nitrogen and oxygen atoms in total. The molecule has 174 valence electrons. The molecule has 0 atom stereocenters. The van der Waals surface area contributed by atoms with Gasteiger partial charge in [-0.1, -0.05) is 19.1 Å². The fourth-order valence-electron chi connectivity index (χ4n) is 3.89. The van der Waals surface area contributed by atoms with Gasteiger partial charge in [0.1, 0.15) is 11.6 Å². The lowest BCUT2D eigenvalue weighted by Crippen LogP contribution is -2.23. The molecule has 0 fully saturated rings. The van der Waals surface area contributed by atoms with Gasteiger partial charge in [0.2, 0.25) is 10.0 Å². The number of hydrogen-bond acceptors (Lipinski definition) is 6. The Balaban J connectivity index is 1.64. The predicted octanol–water partition coefficient (Wildman–Crippen LogP) is 2.57. The molecular formula is C23H28N6O3S. The molecule has 0 aliphatic rings. The van der Waals surface area contributed by atoms with Gasteiger partial charge in [-0.05, 0) is 43.8 Å². The Morgan fingerprint density at radius 2 is 1.76 bits per heavy atom. The molecule has 0 radical (unpaired) electrons. The molecule has 4 rings (SSSR count). The first-order valence-corrected chi connectivity index (χ1v) is 12.2. The molecule has 0 aliphatic carbocycles. The average Bonchev–Trinajstić information content (AvgIpc) is 3.10. The van der Waals surface area contributed by atoms with Crippen molar-refractivity contribution in [2.45, 2.75) is 37.9 Å². The Hall–Kier alpha value is -3.08. The van der Waals surface area contributed by atoms with E-state index in [0.717, 1.165) is 24.3 Å². The van der Waals surface area contributed by atoms with Crippen LogP contribution in [0.25, 0.3) is 21.9 Å². The topological polar surface area (TPSA) is 104 Å². The number of para-hydroxylation sites is 1. The quantitative estimate of drug-likeness (QED) is 0.426. The highest BCUT2D eigenvalue weighted by Gasteiger charge is 2.20. The first-order valence-electron chi connectivity index (χ1n) is 10.8. The van der Waals surface area contributed by atoms with Crippen molar-refractivity contribution in [3.8, 4) is 0 Å². The average molecular weight is 469 g/mol. The van der Waals surface area contributed by atoms with Crippen LogP contribution in [-0.2, 0) is 29.7 Å². The van der Waals surface area contributed by atoms with Crippen LogP contribution in [-0.4, -0.2) is 58.3 Å². The van der Waals surface area contributed by atoms with Gasteiger partial charge in [-0.2, -0.15) is 0 Å². The highest BCUT2D eigenvalue weighted by molar-refractivity contribution is 7.89. The summed E-state index contributed by atoms with van der Waals surface area (Å²) in [5, 5.41) is 0.567. The van der Waals surface area contributed by atoms with Crippen molar-refractivity contribution in [3.63, 3.8) is 0 Å². The molecule has 0 amide bonds. The van der Waals surface area contributed by atoms with E-state index in [-0.39, 0.29) is 10.5 Å². The fraction of sp³-hybridized carbons (Fsp3) is 0.348. The van der Waals surface area contributed by atoms with E-state index in [4.69, 9.17) is 4.98 Å². The van der Waals surface area contributed by atoms with Crippen LogP contribution in [0.2, 0.25) is 0 Å². The van der Waals surface area contributed by atoms with Crippen LogP contribution in [0.5, 0.6) is 0 Å². The maximum atomic E-state index is 12.5. The first-order chi connectivity index (χ1) is 15.7. The summed E-state index contributed by atoms with van der Waals surface area (Å²) in [6.07, 6.45) is 0.916. The lowest BCUT2D eigenvalue weighted by atomic mass is 10.2. The predicted molar refractivity (Wildman–Crippen MR) is 128 cm³/mol. The van der Waals surface area contributed by atoms with Gasteiger partial charge in [0, 0.05) is 20.6 Å². The molecule has 0 saturated heterocycles. The highest BCUT2D eigenvalue weighted by Crippen LogP contribution is 2.23. The summed E-state index contributed by atoms with van der Waals surface area (Å²) >= 11 is 0. The number of sulfonamides is 1. The second-order valence-corrected chi connectivity index (χ2v) is 10.5. The minimum Gasteiger partial charge on any atom is -0.327 e. The van der Waals surface area contributed by atoms with Crippen LogP contribution in [0.3, 0.4) is 0 Å². The molecule has 0 unspecified atom stereocenters. The van der Waals surface area contributed by atoms with Gasteiger partial charge >= 0.3 is 0 Å². The SMILES string of the molecule is CCCn1c(CN(C)Cc2nc3ccccc3c(=O)[nH]2)nc2cc(S(=O)(=O)N(C)C)ccc21. The molecule has 10 heteroatoms. The van der Waals surface area contributed by atoms with Crippen LogP contribution >= 0.6 is 0 Å². The monoisotopic (exact) mass is 468 g/mol. The van der Waals surface area contributed by atoms with E-state index in [1.54, 1.807) is 18.2 Å². The zero-order chi connectivity index (χ0) is 23.8. The van der Waals surface area contributed by atoms with Crippen LogP contribution < -0.4 is 5.56 Å². The Morgan fingerprint density at radius 3 is 2.48 bits per heavy atom. The molecule has 2 aromatic heterocycles. The molecule has 0 aliphatic heterocycles. The summed E-state index contributed by atoms with van der Waals surface area (Å²) in [5.74, 6) is 1.41. The third-order valence-electron chi connectivity index (χ3n) is 5.52. The zero-order valence-corrected chi connectivity index (χ0v) is 20.1. The van der Waals surface area contributed by atoms with Crippen molar-refractivity contribution in [3.05, 3.63) is 64.5 Å². The molecule has 2 heterocycles. The zero-order valence-electron chi connectivity index (χ0n) is 19.2. The number of benzene rings is 2. The summed E-state index contributed by atoms with van der Waals surface area (Å²) in [4.78, 5) is 26.8. The molecule has 0 spiro atoms. The smallest absolute Gasteiger partial charge is 0.258 e. The number of fused-ring (bicyclic) bond motifs is 2. The second-order valence-electron chi connectivity index (χ2n) is 8.32. The molecule has 2 aromatic carbocycles. The van der Waals surface area contributed by atoms with Crippen molar-refractivity contribution >= 4 is 32.0 Å². The van der Waals surface area contributed by atoms with Gasteiger partial charge in [0.25, 0.3) is 5.56 Å². The number of rotatable bonds is 8. The number of aryl methyl sites for hydroxylation is 1. The van der Waals surface area contributed by atoms with Crippen molar-refractivity contribution in [2.24, 2.45) is 0 Å². The molecule has 33 heavy (non-hydrogen) atoms. The lowest BCUT2D eigenvalue weighted by molar-refractivity contribution is 0.298. The number of aromatic amines is 1. The van der Waals surface area contributed by atoms with Gasteiger partial charge in [0.15, 0.2) is 0 Å². The molecular weight excluding hydrogens is 440 g/mol. The Morgan fingerprint density at radius 1 is 1.00 bits per heavy atom. The van der Waals surface area contributed by atoms with Crippen LogP contribution in [0.15, 0.2) is 52.2 Å². The van der Waals surface area contributed by atoms with E-state index in [0.29, 0.717) is 35.3 Å². The van der Waals surface area contributed by atoms with Crippen molar-refractivity contribution < 1.29 is 8.42 Å². The number of imidazole rings is 1. The van der Waals surface area contributed by atoms with E-state index < -0.39 is 10.0 Å². The summed E-state index contributed by atoms with van der Waals surface area (Å²) in [7, 11) is 1.43. The van der Waals surface area contributed by atoms with Gasteiger partial charge in [-0.25, -0.2) is 22.7 Å². The summed E-state index contributed by atoms with van der Waals surface area (Å²) in [6, 6.07) is 12.3. The number of nitrogens with zero attached hydrogens (tertiary/aromatic N) is 5. The fourth-order valence-corrected chi connectivity index (χ4v) is 4.81. The van der Waals surface area contributed by atoms with Gasteiger partial charge in [-0.15, -0.1) is 0 Å². The number of hydrogen-bond donors (Lipinski definition) is 1. The summed E-state index contributed by atoms with van der Waals surface area (Å²) in [6.45, 7) is 3.81. The Kier molecular flexibility index (Phi) is 6.33. The minimum atomic E-state index is -3.54. The van der Waals surface area contributed by atoms with E-state index in [2.05, 4.69) is 21.5 Å².